The monoisotopic (exact) mass is 841 g/mol. The smallest absolute Gasteiger partial charge is 0.423 e. The minimum atomic E-state index is -1.38. The van der Waals surface area contributed by atoms with E-state index >= 15 is 0 Å². The molecule has 8 aromatic rings. The molecule has 10 heteroatoms. The molecule has 0 saturated carbocycles. The zero-order valence-corrected chi connectivity index (χ0v) is 33.8. The van der Waals surface area contributed by atoms with Gasteiger partial charge in [-0.05, 0) is 140 Å². The van der Waals surface area contributed by atoms with Crippen LogP contribution in [0.3, 0.4) is 0 Å². The number of fused-ring (bicyclic) bond motifs is 3. The van der Waals surface area contributed by atoms with Crippen LogP contribution in [0.4, 0.5) is 17.1 Å². The van der Waals surface area contributed by atoms with E-state index in [0.29, 0.717) is 5.46 Å². The van der Waals surface area contributed by atoms with Gasteiger partial charge in [-0.15, -0.1) is 0 Å². The predicted octanol–water partition coefficient (Wildman–Crippen LogP) is 9.58. The largest absolute Gasteiger partial charge is 0.488 e. The number of hydrogen-bond donors (Lipinski definition) is 3. The van der Waals surface area contributed by atoms with Crippen LogP contribution in [0.1, 0.15) is 0 Å². The predicted molar refractivity (Wildman–Crippen MR) is 238 cm³/mol. The Balaban J connectivity index is 0.000000144. The fraction of sp³-hybridized carbons (Fsp3) is 0.0909. The molecule has 0 aliphatic heterocycles. The highest BCUT2D eigenvalue weighted by Crippen LogP contribution is 2.27. The summed E-state index contributed by atoms with van der Waals surface area (Å²) in [7, 11) is 6.85. The second kappa shape index (κ2) is 19.2. The molecule has 0 fully saturated rings. The molecule has 272 valence electrons. The number of benzene rings is 6. The molecule has 8 rings (SSSR count). The highest BCUT2D eigenvalue weighted by Gasteiger charge is 2.08. The second-order valence-corrected chi connectivity index (χ2v) is 14.7. The van der Waals surface area contributed by atoms with Gasteiger partial charge in [0.15, 0.2) is 0 Å². The molecule has 4 N–H and O–H groups in total. The molecule has 0 radical (unpaired) electrons. The molecule has 2 aromatic heterocycles. The summed E-state index contributed by atoms with van der Waals surface area (Å²) < 4.78 is 2.22. The van der Waals surface area contributed by atoms with Crippen LogP contribution in [0.5, 0.6) is 0 Å². The number of nitrogens with two attached hydrogens (primary N) is 1. The van der Waals surface area contributed by atoms with E-state index in [-0.39, 0.29) is 0 Å². The van der Waals surface area contributed by atoms with Crippen LogP contribution in [0.2, 0.25) is 0 Å². The van der Waals surface area contributed by atoms with Crippen molar-refractivity contribution in [3.05, 3.63) is 167 Å². The summed E-state index contributed by atoms with van der Waals surface area (Å²) in [5, 5.41) is 24.6. The Morgan fingerprint density at radius 1 is 0.463 bits per heavy atom. The average molecular weight is 843 g/mol. The van der Waals surface area contributed by atoms with Crippen LogP contribution < -0.4 is 21.0 Å². The molecule has 0 bridgehead atoms. The lowest BCUT2D eigenvalue weighted by molar-refractivity contribution is 0.425. The maximum atomic E-state index is 8.55. The van der Waals surface area contributed by atoms with Gasteiger partial charge < -0.3 is 25.6 Å². The maximum absolute atomic E-state index is 8.55. The Labute approximate surface area is 334 Å². The van der Waals surface area contributed by atoms with Crippen molar-refractivity contribution in [1.29, 1.82) is 0 Å². The average Bonchev–Trinajstić information content (AvgIpc) is 3.18. The lowest BCUT2D eigenvalue weighted by Gasteiger charge is -2.13. The Morgan fingerprint density at radius 2 is 0.870 bits per heavy atom. The van der Waals surface area contributed by atoms with Crippen LogP contribution in [0, 0.1) is 0 Å². The van der Waals surface area contributed by atoms with E-state index in [4.69, 9.17) is 15.8 Å². The molecule has 0 spiro atoms. The second-order valence-electron chi connectivity index (χ2n) is 12.9. The third-order valence-corrected chi connectivity index (χ3v) is 9.47. The minimum absolute atomic E-state index is 0.463. The quantitative estimate of drug-likeness (QED) is 0.120. The molecule has 54 heavy (non-hydrogen) atoms. The number of rotatable bonds is 4. The maximum Gasteiger partial charge on any atom is 0.488 e. The number of hydrogen-bond acceptors (Lipinski definition) is 7. The zero-order chi connectivity index (χ0) is 38.6. The first-order valence-electron chi connectivity index (χ1n) is 17.2. The zero-order valence-electron chi connectivity index (χ0n) is 30.6. The number of anilines is 3. The van der Waals surface area contributed by atoms with Gasteiger partial charge in [0.25, 0.3) is 0 Å². The Bertz CT molecular complexity index is 2390. The molecule has 0 aliphatic rings. The summed E-state index contributed by atoms with van der Waals surface area (Å²) in [4.78, 5) is 12.0. The van der Waals surface area contributed by atoms with E-state index in [1.54, 1.807) is 12.1 Å². The first kappa shape index (κ1) is 39.9. The van der Waals surface area contributed by atoms with Gasteiger partial charge in [-0.25, -0.2) is 0 Å². The molecule has 0 amide bonds. The van der Waals surface area contributed by atoms with Crippen molar-refractivity contribution in [3.63, 3.8) is 0 Å². The SMILES string of the molecule is CN(C)c1ccc2cc(-c3ccncc3)ccc2c1.CN(C)c1ccc2cc(Br)ccc2c1.Nc1ccc2cc(Br)ccc2c1.OB(O)c1ccncc1. The summed E-state index contributed by atoms with van der Waals surface area (Å²) >= 11 is 6.89. The molecule has 0 aliphatic carbocycles. The van der Waals surface area contributed by atoms with E-state index in [2.05, 4.69) is 165 Å². The van der Waals surface area contributed by atoms with Gasteiger partial charge in [-0.2, -0.15) is 0 Å². The highest BCUT2D eigenvalue weighted by molar-refractivity contribution is 9.10. The summed E-state index contributed by atoms with van der Waals surface area (Å²) in [6.45, 7) is 0. The first-order valence-corrected chi connectivity index (χ1v) is 18.7. The van der Waals surface area contributed by atoms with Crippen molar-refractivity contribution < 1.29 is 10.0 Å². The molecule has 0 unspecified atom stereocenters. The van der Waals surface area contributed by atoms with Gasteiger partial charge in [-0.1, -0.05) is 74.3 Å². The number of halogens is 2. The number of aromatic nitrogens is 2. The van der Waals surface area contributed by atoms with Gasteiger partial charge in [0.2, 0.25) is 0 Å². The number of nitrogens with zero attached hydrogens (tertiary/aromatic N) is 4. The van der Waals surface area contributed by atoms with E-state index in [0.717, 1.165) is 14.6 Å². The highest BCUT2D eigenvalue weighted by atomic mass is 79.9. The molecule has 2 heterocycles. The standard InChI is InChI=1S/C17H16N2.C12H12BrN.C10H8BrN.C5H6BNO2/c1-19(2)17-6-5-15-11-14(3-4-16(15)12-17)13-7-9-18-10-8-13;1-14(2)12-6-4-9-7-11(13)5-3-10(9)8-12;11-9-3-1-8-6-10(12)4-2-7(8)5-9;8-6(9)5-1-3-7-4-2-5/h3-12H,1-2H3;3-8H,1-2H3;1-6H,12H2;1-4,8-9H. The third-order valence-electron chi connectivity index (χ3n) is 8.49. The van der Waals surface area contributed by atoms with Gasteiger partial charge in [0.1, 0.15) is 0 Å². The number of pyridine rings is 2. The van der Waals surface area contributed by atoms with Crippen LogP contribution in [0.25, 0.3) is 43.4 Å². The normalized spacial score (nSPS) is 10.3. The molecule has 7 nitrogen and oxygen atoms in total. The van der Waals surface area contributed by atoms with Crippen molar-refractivity contribution >= 4 is 93.8 Å². The summed E-state index contributed by atoms with van der Waals surface area (Å²) in [6, 6.07) is 45.1. The van der Waals surface area contributed by atoms with Crippen LogP contribution in [0.15, 0.2) is 167 Å². The topological polar surface area (TPSA) is 98.7 Å². The summed E-state index contributed by atoms with van der Waals surface area (Å²) in [6.07, 6.45) is 6.67. The Morgan fingerprint density at radius 3 is 1.35 bits per heavy atom. The molecule has 6 aromatic carbocycles. The van der Waals surface area contributed by atoms with Crippen molar-refractivity contribution in [2.24, 2.45) is 0 Å². The van der Waals surface area contributed by atoms with E-state index in [1.165, 1.54) is 67.2 Å². The first-order chi connectivity index (χ1) is 26.0. The summed E-state index contributed by atoms with van der Waals surface area (Å²) in [5.41, 5.74) is 11.8. The fourth-order valence-corrected chi connectivity index (χ4v) is 6.25. The van der Waals surface area contributed by atoms with E-state index in [1.807, 2.05) is 48.8 Å². The van der Waals surface area contributed by atoms with Crippen molar-refractivity contribution in [1.82, 2.24) is 9.97 Å². The minimum Gasteiger partial charge on any atom is -0.423 e. The van der Waals surface area contributed by atoms with Crippen molar-refractivity contribution in [2.75, 3.05) is 43.7 Å². The van der Waals surface area contributed by atoms with Crippen molar-refractivity contribution in [3.8, 4) is 11.1 Å². The molecule has 0 saturated heterocycles. The van der Waals surface area contributed by atoms with Gasteiger partial charge >= 0.3 is 7.12 Å². The molecular weight excluding hydrogens is 801 g/mol. The van der Waals surface area contributed by atoms with Crippen molar-refractivity contribution in [2.45, 2.75) is 0 Å². The van der Waals surface area contributed by atoms with Gasteiger partial charge in [-0.3, -0.25) is 9.97 Å². The van der Waals surface area contributed by atoms with Crippen LogP contribution in [-0.4, -0.2) is 55.3 Å². The Hall–Kier alpha value is -5.26. The lowest BCUT2D eigenvalue weighted by atomic mass is 9.81. The molecule has 0 atom stereocenters. The van der Waals surface area contributed by atoms with E-state index in [9.17, 15) is 0 Å². The van der Waals surface area contributed by atoms with E-state index < -0.39 is 7.12 Å². The van der Waals surface area contributed by atoms with Crippen LogP contribution >= 0.6 is 31.9 Å². The summed E-state index contributed by atoms with van der Waals surface area (Å²) in [5.74, 6) is 0. The fourth-order valence-electron chi connectivity index (χ4n) is 5.49. The van der Waals surface area contributed by atoms with Crippen LogP contribution in [-0.2, 0) is 0 Å². The Kier molecular flexibility index (Phi) is 14.2. The lowest BCUT2D eigenvalue weighted by Crippen LogP contribution is -2.29. The molecular formula is C44H42BBr2N5O2. The third kappa shape index (κ3) is 11.4. The van der Waals surface area contributed by atoms with Gasteiger partial charge in [0, 0.05) is 79.0 Å². The number of nitrogen functional groups attached to an aromatic ring is 1. The van der Waals surface area contributed by atoms with Gasteiger partial charge in [0.05, 0.1) is 0 Å².